The summed E-state index contributed by atoms with van der Waals surface area (Å²) >= 11 is 0. The van der Waals surface area contributed by atoms with E-state index in [2.05, 4.69) is 13.8 Å². The van der Waals surface area contributed by atoms with Gasteiger partial charge in [-0.15, -0.1) is 0 Å². The van der Waals surface area contributed by atoms with E-state index in [-0.39, 0.29) is 0 Å². The molecule has 0 amide bonds. The molecule has 0 saturated carbocycles. The van der Waals surface area contributed by atoms with Crippen LogP contribution < -0.4 is 0 Å². The van der Waals surface area contributed by atoms with Crippen molar-refractivity contribution in [2.24, 2.45) is 0 Å². The second-order valence-electron chi connectivity index (χ2n) is 3.86. The van der Waals surface area contributed by atoms with Crippen LogP contribution in [0.3, 0.4) is 0 Å². The highest BCUT2D eigenvalue weighted by Crippen LogP contribution is 2.20. The summed E-state index contributed by atoms with van der Waals surface area (Å²) in [6.07, 6.45) is 5.45. The number of ether oxygens (including phenoxy) is 1. The standard InChI is InChI=1S/C10H22OSi/c1-3-9-12(4-2)10-7-5-6-8-11-10/h10,12H,3-9H2,1-2H3. The van der Waals surface area contributed by atoms with Gasteiger partial charge in [-0.1, -0.05) is 32.4 Å². The summed E-state index contributed by atoms with van der Waals surface area (Å²) in [5.74, 6) is 0. The second-order valence-corrected chi connectivity index (χ2v) is 7.52. The van der Waals surface area contributed by atoms with Crippen molar-refractivity contribution < 1.29 is 4.74 Å². The van der Waals surface area contributed by atoms with Crippen LogP contribution in [0.5, 0.6) is 0 Å². The molecule has 0 radical (unpaired) electrons. The molecule has 1 heterocycles. The highest BCUT2D eigenvalue weighted by molar-refractivity contribution is 6.60. The minimum Gasteiger partial charge on any atom is -0.382 e. The SMILES string of the molecule is CCC[SiH](CC)C1CCCCO1. The summed E-state index contributed by atoms with van der Waals surface area (Å²) in [5.41, 5.74) is 0.726. The van der Waals surface area contributed by atoms with Crippen LogP contribution in [-0.2, 0) is 4.74 Å². The molecule has 1 saturated heterocycles. The lowest BCUT2D eigenvalue weighted by Gasteiger charge is -2.28. The topological polar surface area (TPSA) is 9.23 Å². The molecule has 12 heavy (non-hydrogen) atoms. The van der Waals surface area contributed by atoms with E-state index in [9.17, 15) is 0 Å². The third-order valence-corrected chi connectivity index (χ3v) is 6.87. The van der Waals surface area contributed by atoms with Gasteiger partial charge in [0.05, 0.1) is 8.80 Å². The summed E-state index contributed by atoms with van der Waals surface area (Å²) in [7, 11) is -0.517. The Kier molecular flexibility index (Phi) is 4.92. The van der Waals surface area contributed by atoms with Crippen molar-refractivity contribution in [2.75, 3.05) is 6.61 Å². The summed E-state index contributed by atoms with van der Waals surface area (Å²) < 4.78 is 5.85. The third kappa shape index (κ3) is 2.90. The molecule has 1 aliphatic rings. The minimum absolute atomic E-state index is 0.517. The van der Waals surface area contributed by atoms with Crippen LogP contribution in [0.1, 0.15) is 39.5 Å². The van der Waals surface area contributed by atoms with Gasteiger partial charge in [-0.2, -0.15) is 0 Å². The Morgan fingerprint density at radius 1 is 1.33 bits per heavy atom. The molecule has 1 aliphatic heterocycles. The Labute approximate surface area is 78.1 Å². The first kappa shape index (κ1) is 10.3. The lowest BCUT2D eigenvalue weighted by atomic mass is 10.2. The number of rotatable bonds is 4. The molecule has 0 aromatic carbocycles. The fourth-order valence-electron chi connectivity index (χ4n) is 2.16. The van der Waals surface area contributed by atoms with Crippen molar-refractivity contribution in [3.05, 3.63) is 0 Å². The largest absolute Gasteiger partial charge is 0.382 e. The van der Waals surface area contributed by atoms with Gasteiger partial charge in [0, 0.05) is 12.3 Å². The summed E-state index contributed by atoms with van der Waals surface area (Å²) in [4.78, 5) is 0. The van der Waals surface area contributed by atoms with Crippen LogP contribution in [0.4, 0.5) is 0 Å². The molecule has 0 N–H and O–H groups in total. The maximum absolute atomic E-state index is 5.85. The van der Waals surface area contributed by atoms with Crippen molar-refractivity contribution in [3.63, 3.8) is 0 Å². The van der Waals surface area contributed by atoms with Gasteiger partial charge in [-0.3, -0.25) is 0 Å². The van der Waals surface area contributed by atoms with Crippen molar-refractivity contribution in [1.29, 1.82) is 0 Å². The van der Waals surface area contributed by atoms with Crippen molar-refractivity contribution in [1.82, 2.24) is 0 Å². The molecular weight excluding hydrogens is 164 g/mol. The molecule has 1 nitrogen and oxygen atoms in total. The lowest BCUT2D eigenvalue weighted by molar-refractivity contribution is 0.0621. The first-order valence-corrected chi connectivity index (χ1v) is 7.80. The van der Waals surface area contributed by atoms with Crippen LogP contribution in [-0.4, -0.2) is 21.1 Å². The molecule has 2 atom stereocenters. The Morgan fingerprint density at radius 2 is 2.17 bits per heavy atom. The van der Waals surface area contributed by atoms with Crippen LogP contribution in [0.15, 0.2) is 0 Å². The first-order chi connectivity index (χ1) is 5.88. The van der Waals surface area contributed by atoms with Gasteiger partial charge in [0.25, 0.3) is 0 Å². The molecule has 2 unspecified atom stereocenters. The van der Waals surface area contributed by atoms with E-state index in [1.54, 1.807) is 0 Å². The average molecular weight is 186 g/mol. The Morgan fingerprint density at radius 3 is 2.67 bits per heavy atom. The van der Waals surface area contributed by atoms with Gasteiger partial charge in [0.1, 0.15) is 0 Å². The zero-order valence-electron chi connectivity index (χ0n) is 8.51. The second kappa shape index (κ2) is 5.76. The molecule has 72 valence electrons. The van der Waals surface area contributed by atoms with E-state index in [4.69, 9.17) is 4.74 Å². The third-order valence-electron chi connectivity index (χ3n) is 2.92. The van der Waals surface area contributed by atoms with Gasteiger partial charge in [0.15, 0.2) is 0 Å². The van der Waals surface area contributed by atoms with Gasteiger partial charge >= 0.3 is 0 Å². The maximum Gasteiger partial charge on any atom is 0.0714 e. The smallest absolute Gasteiger partial charge is 0.0714 e. The van der Waals surface area contributed by atoms with Gasteiger partial charge < -0.3 is 4.74 Å². The van der Waals surface area contributed by atoms with Crippen molar-refractivity contribution >= 4 is 8.80 Å². The highest BCUT2D eigenvalue weighted by atomic mass is 28.3. The van der Waals surface area contributed by atoms with Crippen LogP contribution in [0.2, 0.25) is 12.1 Å². The summed E-state index contributed by atoms with van der Waals surface area (Å²) in [6, 6.07) is 2.92. The lowest BCUT2D eigenvalue weighted by Crippen LogP contribution is -2.35. The fraction of sp³-hybridized carbons (Fsp3) is 1.00. The summed E-state index contributed by atoms with van der Waals surface area (Å²) in [6.45, 7) is 5.70. The van der Waals surface area contributed by atoms with E-state index in [1.165, 1.54) is 37.8 Å². The first-order valence-electron chi connectivity index (χ1n) is 5.50. The quantitative estimate of drug-likeness (QED) is 0.613. The molecule has 0 aromatic rings. The summed E-state index contributed by atoms with van der Waals surface area (Å²) in [5, 5.41) is 0. The van der Waals surface area contributed by atoms with Crippen molar-refractivity contribution in [2.45, 2.75) is 57.3 Å². The van der Waals surface area contributed by atoms with Crippen LogP contribution >= 0.6 is 0 Å². The van der Waals surface area contributed by atoms with E-state index in [0.29, 0.717) is 0 Å². The Hall–Kier alpha value is 0.177. The normalized spacial score (nSPS) is 27.0. The predicted molar refractivity (Wildman–Crippen MR) is 56.3 cm³/mol. The maximum atomic E-state index is 5.85. The van der Waals surface area contributed by atoms with Crippen LogP contribution in [0, 0.1) is 0 Å². The molecule has 1 rings (SSSR count). The molecule has 0 aliphatic carbocycles. The molecule has 2 heteroatoms. The number of hydrogen-bond acceptors (Lipinski definition) is 1. The van der Waals surface area contributed by atoms with Gasteiger partial charge in [-0.25, -0.2) is 0 Å². The molecule has 0 aromatic heterocycles. The molecule has 0 spiro atoms. The zero-order chi connectivity index (χ0) is 8.81. The van der Waals surface area contributed by atoms with E-state index < -0.39 is 8.80 Å². The average Bonchev–Trinajstić information content (AvgIpc) is 2.15. The van der Waals surface area contributed by atoms with E-state index in [1.807, 2.05) is 0 Å². The minimum atomic E-state index is -0.517. The zero-order valence-corrected chi connectivity index (χ0v) is 9.67. The predicted octanol–water partition coefficient (Wildman–Crippen LogP) is 2.75. The van der Waals surface area contributed by atoms with E-state index in [0.717, 1.165) is 12.3 Å². The fourth-order valence-corrected chi connectivity index (χ4v) is 5.32. The molecule has 1 fully saturated rings. The molecule has 0 bridgehead atoms. The van der Waals surface area contributed by atoms with Gasteiger partial charge in [0.2, 0.25) is 0 Å². The Balaban J connectivity index is 2.29. The van der Waals surface area contributed by atoms with Crippen molar-refractivity contribution in [3.8, 4) is 0 Å². The van der Waals surface area contributed by atoms with Gasteiger partial charge in [-0.05, 0) is 19.3 Å². The van der Waals surface area contributed by atoms with Crippen LogP contribution in [0.25, 0.3) is 0 Å². The van der Waals surface area contributed by atoms with E-state index >= 15 is 0 Å². The highest BCUT2D eigenvalue weighted by Gasteiger charge is 2.23. The monoisotopic (exact) mass is 186 g/mol. The number of hydrogen-bond donors (Lipinski definition) is 0. The Bertz CT molecular complexity index is 108. The molecular formula is C10H22OSi.